The number of amides is 1. The molecule has 1 amide bonds. The first-order chi connectivity index (χ1) is 13.9. The number of fused-ring (bicyclic) bond motifs is 3. The van der Waals surface area contributed by atoms with E-state index in [-0.39, 0.29) is 11.8 Å². The van der Waals surface area contributed by atoms with Crippen LogP contribution in [-0.4, -0.2) is 27.2 Å². The third-order valence-corrected chi connectivity index (χ3v) is 4.97. The van der Waals surface area contributed by atoms with Crippen molar-refractivity contribution < 1.29 is 14.3 Å². The van der Waals surface area contributed by atoms with E-state index in [1.807, 2.05) is 48.0 Å². The lowest BCUT2D eigenvalue weighted by molar-refractivity contribution is -0.142. The van der Waals surface area contributed by atoms with Gasteiger partial charge in [-0.05, 0) is 18.2 Å². The summed E-state index contributed by atoms with van der Waals surface area (Å²) in [6.45, 7) is 2.66. The number of benzene rings is 2. The number of aryl methyl sites for hydroxylation is 1. The van der Waals surface area contributed by atoms with Crippen LogP contribution in [-0.2, 0) is 21.4 Å². The fourth-order valence-corrected chi connectivity index (χ4v) is 3.59. The van der Waals surface area contributed by atoms with Crippen LogP contribution in [0.1, 0.15) is 30.7 Å². The third kappa shape index (κ3) is 3.32. The first kappa shape index (κ1) is 19.0. The molecule has 0 aliphatic carbocycles. The van der Waals surface area contributed by atoms with E-state index in [9.17, 15) is 9.59 Å². The molecule has 0 unspecified atom stereocenters. The smallest absolute Gasteiger partial charge is 0.309 e. The minimum Gasteiger partial charge on any atom is -0.407 e. The minimum absolute atomic E-state index is 0.0566. The molecule has 1 aromatic heterocycles. The monoisotopic (exact) mass is 407 g/mol. The highest BCUT2D eigenvalue weighted by Gasteiger charge is 2.28. The van der Waals surface area contributed by atoms with Crippen molar-refractivity contribution in [3.63, 3.8) is 0 Å². The fraction of sp³-hybridized carbons (Fsp3) is 0.136. The summed E-state index contributed by atoms with van der Waals surface area (Å²) in [6, 6.07) is 15.2. The lowest BCUT2D eigenvalue weighted by Crippen LogP contribution is -2.26. The largest absolute Gasteiger partial charge is 0.407 e. The molecular formula is C22H18ClN3O3. The Morgan fingerprint density at radius 2 is 1.72 bits per heavy atom. The highest BCUT2D eigenvalue weighted by molar-refractivity contribution is 6.31. The van der Waals surface area contributed by atoms with Crippen molar-refractivity contribution in [1.29, 1.82) is 0 Å². The van der Waals surface area contributed by atoms with Gasteiger partial charge < -0.3 is 9.30 Å². The average molecular weight is 408 g/mol. The lowest BCUT2D eigenvalue weighted by atomic mass is 9.99. The molecule has 7 heteroatoms. The lowest BCUT2D eigenvalue weighted by Gasteiger charge is -2.17. The fourth-order valence-electron chi connectivity index (χ4n) is 3.46. The molecule has 0 N–H and O–H groups in total. The van der Waals surface area contributed by atoms with Gasteiger partial charge in [-0.1, -0.05) is 41.9 Å². The van der Waals surface area contributed by atoms with Gasteiger partial charge in [0.1, 0.15) is 5.71 Å². The molecule has 6 nitrogen and oxygen atoms in total. The molecule has 1 aliphatic rings. The Balaban J connectivity index is 2.08. The summed E-state index contributed by atoms with van der Waals surface area (Å²) in [6.07, 6.45) is 1.67. The molecular weight excluding hydrogens is 390 g/mol. The van der Waals surface area contributed by atoms with Gasteiger partial charge in [0.15, 0.2) is 0 Å². The van der Waals surface area contributed by atoms with E-state index >= 15 is 0 Å². The van der Waals surface area contributed by atoms with Gasteiger partial charge in [-0.2, -0.15) is 10.1 Å². The molecule has 0 radical (unpaired) electrons. The van der Waals surface area contributed by atoms with Gasteiger partial charge in [0.05, 0.1) is 5.69 Å². The maximum atomic E-state index is 12.4. The van der Waals surface area contributed by atoms with Gasteiger partial charge in [0, 0.05) is 54.0 Å². The van der Waals surface area contributed by atoms with Gasteiger partial charge in [-0.15, -0.1) is 0 Å². The highest BCUT2D eigenvalue weighted by Crippen LogP contribution is 2.33. The van der Waals surface area contributed by atoms with Gasteiger partial charge >= 0.3 is 5.97 Å². The molecule has 0 atom stereocenters. The van der Waals surface area contributed by atoms with Crippen molar-refractivity contribution in [3.05, 3.63) is 76.3 Å². The van der Waals surface area contributed by atoms with E-state index in [1.54, 1.807) is 18.2 Å². The van der Waals surface area contributed by atoms with Crippen LogP contribution in [0.25, 0.3) is 17.0 Å². The van der Waals surface area contributed by atoms with Crippen molar-refractivity contribution >= 4 is 46.2 Å². The van der Waals surface area contributed by atoms with Crippen molar-refractivity contribution in [2.24, 2.45) is 12.1 Å². The Morgan fingerprint density at radius 3 is 2.38 bits per heavy atom. The van der Waals surface area contributed by atoms with Crippen molar-refractivity contribution in [2.75, 3.05) is 0 Å². The third-order valence-electron chi connectivity index (χ3n) is 4.72. The van der Waals surface area contributed by atoms with E-state index in [1.165, 1.54) is 13.8 Å². The van der Waals surface area contributed by atoms with Crippen LogP contribution in [0.5, 0.6) is 0 Å². The molecule has 0 saturated carbocycles. The van der Waals surface area contributed by atoms with Crippen LogP contribution < -0.4 is 0 Å². The predicted octanol–water partition coefficient (Wildman–Crippen LogP) is 4.31. The number of hydrogen-bond acceptors (Lipinski definition) is 4. The summed E-state index contributed by atoms with van der Waals surface area (Å²) < 4.78 is 7.33. The second-order valence-electron chi connectivity index (χ2n) is 6.70. The molecule has 146 valence electrons. The van der Waals surface area contributed by atoms with Crippen LogP contribution >= 0.6 is 11.6 Å². The number of carbonyl (C=O) groups excluding carboxylic acids is 2. The number of esters is 1. The Hall–Kier alpha value is -3.38. The van der Waals surface area contributed by atoms with Crippen LogP contribution in [0, 0.1) is 0 Å². The van der Waals surface area contributed by atoms with Gasteiger partial charge in [-0.3, -0.25) is 9.59 Å². The highest BCUT2D eigenvalue weighted by atomic mass is 35.5. The Bertz CT molecular complexity index is 1210. The van der Waals surface area contributed by atoms with Crippen LogP contribution in [0.15, 0.2) is 59.5 Å². The SMILES string of the molecule is CC(=O)OC1=Cc2c(c3ccccc3n2C)C(c2ccc(Cl)cc2)=NN1C(C)=O. The van der Waals surface area contributed by atoms with Crippen LogP contribution in [0.2, 0.25) is 5.02 Å². The first-order valence-corrected chi connectivity index (χ1v) is 9.37. The normalized spacial score (nSPS) is 13.4. The number of hydrogen-bond donors (Lipinski definition) is 0. The van der Waals surface area contributed by atoms with E-state index < -0.39 is 5.97 Å². The number of ether oxygens (including phenoxy) is 1. The Morgan fingerprint density at radius 1 is 1.03 bits per heavy atom. The summed E-state index contributed by atoms with van der Waals surface area (Å²) in [7, 11) is 1.92. The maximum absolute atomic E-state index is 12.4. The number of rotatable bonds is 2. The van der Waals surface area contributed by atoms with Crippen LogP contribution in [0.3, 0.4) is 0 Å². The zero-order valence-electron chi connectivity index (χ0n) is 16.1. The Kier molecular flexibility index (Phi) is 4.72. The maximum Gasteiger partial charge on any atom is 0.309 e. The molecule has 29 heavy (non-hydrogen) atoms. The average Bonchev–Trinajstić information content (AvgIpc) is 2.84. The number of aromatic nitrogens is 1. The number of nitrogens with zero attached hydrogens (tertiary/aromatic N) is 3. The van der Waals surface area contributed by atoms with Gasteiger partial charge in [-0.25, -0.2) is 0 Å². The van der Waals surface area contributed by atoms with E-state index in [0.29, 0.717) is 10.7 Å². The number of carbonyl (C=O) groups is 2. The summed E-state index contributed by atoms with van der Waals surface area (Å²) in [5.41, 5.74) is 3.99. The molecule has 3 aromatic rings. The Labute approximate surface area is 172 Å². The summed E-state index contributed by atoms with van der Waals surface area (Å²) in [4.78, 5) is 24.0. The summed E-state index contributed by atoms with van der Waals surface area (Å²) in [5, 5.41) is 7.30. The second kappa shape index (κ2) is 7.22. The molecule has 2 heterocycles. The zero-order valence-corrected chi connectivity index (χ0v) is 16.9. The summed E-state index contributed by atoms with van der Waals surface area (Å²) >= 11 is 6.07. The number of halogens is 1. The topological polar surface area (TPSA) is 63.9 Å². The molecule has 0 fully saturated rings. The van der Waals surface area contributed by atoms with E-state index in [2.05, 4.69) is 5.10 Å². The molecule has 0 bridgehead atoms. The van der Waals surface area contributed by atoms with E-state index in [0.717, 1.165) is 32.7 Å². The number of hydrazone groups is 1. The summed E-state index contributed by atoms with van der Waals surface area (Å²) in [5.74, 6) is -0.852. The molecule has 4 rings (SSSR count). The second-order valence-corrected chi connectivity index (χ2v) is 7.14. The molecule has 0 saturated heterocycles. The first-order valence-electron chi connectivity index (χ1n) is 9.00. The zero-order chi connectivity index (χ0) is 20.7. The standard InChI is InChI=1S/C22H18ClN3O3/c1-13(27)26-20(29-14(2)28)12-19-21(17-6-4-5-7-18(17)25(19)3)22(24-26)15-8-10-16(23)11-9-15/h4-12H,1-3H3. The molecule has 2 aromatic carbocycles. The van der Waals surface area contributed by atoms with Crippen LogP contribution in [0.4, 0.5) is 0 Å². The van der Waals surface area contributed by atoms with Crippen molar-refractivity contribution in [3.8, 4) is 0 Å². The van der Waals surface area contributed by atoms with Gasteiger partial charge in [0.25, 0.3) is 0 Å². The predicted molar refractivity (Wildman–Crippen MR) is 112 cm³/mol. The van der Waals surface area contributed by atoms with E-state index in [4.69, 9.17) is 16.3 Å². The molecule has 0 spiro atoms. The van der Waals surface area contributed by atoms with Gasteiger partial charge in [0.2, 0.25) is 11.8 Å². The number of para-hydroxylation sites is 1. The van der Waals surface area contributed by atoms with Crippen molar-refractivity contribution in [1.82, 2.24) is 9.58 Å². The molecule has 1 aliphatic heterocycles. The quantitative estimate of drug-likeness (QED) is 0.595. The van der Waals surface area contributed by atoms with Crippen molar-refractivity contribution in [2.45, 2.75) is 13.8 Å². The minimum atomic E-state index is -0.534.